The molecule has 0 aliphatic heterocycles. The fraction of sp³-hybridized carbons (Fsp3) is 0.143. The second-order valence-electron chi connectivity index (χ2n) is 3.88. The molecular weight excluding hydrogens is 232 g/mol. The fourth-order valence-electron chi connectivity index (χ4n) is 1.78. The Morgan fingerprint density at radius 1 is 1.11 bits per heavy atom. The van der Waals surface area contributed by atoms with E-state index in [4.69, 9.17) is 0 Å². The molecule has 0 spiro atoms. The predicted octanol–water partition coefficient (Wildman–Crippen LogP) is 2.29. The Morgan fingerprint density at radius 2 is 1.78 bits per heavy atom. The molecule has 0 atom stereocenters. The summed E-state index contributed by atoms with van der Waals surface area (Å²) in [6.45, 7) is 0.965. The molecule has 0 aromatic heterocycles. The molecule has 0 unspecified atom stereocenters. The van der Waals surface area contributed by atoms with Crippen LogP contribution in [0.2, 0.25) is 0 Å². The van der Waals surface area contributed by atoms with Gasteiger partial charge in [0, 0.05) is 17.9 Å². The highest BCUT2D eigenvalue weighted by atomic mass is 16.5. The van der Waals surface area contributed by atoms with Crippen LogP contribution in [0.3, 0.4) is 0 Å². The summed E-state index contributed by atoms with van der Waals surface area (Å²) >= 11 is 0. The van der Waals surface area contributed by atoms with Crippen molar-refractivity contribution in [3.63, 3.8) is 0 Å². The molecule has 0 aliphatic rings. The van der Waals surface area contributed by atoms with Crippen molar-refractivity contribution >= 4 is 22.5 Å². The molecule has 2 aromatic carbocycles. The summed E-state index contributed by atoms with van der Waals surface area (Å²) < 4.78 is 4.69. The van der Waals surface area contributed by atoms with Crippen LogP contribution in [0.5, 0.6) is 5.75 Å². The average molecular weight is 244 g/mol. The van der Waals surface area contributed by atoms with Gasteiger partial charge in [0.1, 0.15) is 5.75 Å². The zero-order chi connectivity index (χ0) is 13.1. The zero-order valence-corrected chi connectivity index (χ0v) is 9.84. The van der Waals surface area contributed by atoms with Gasteiger partial charge in [0.25, 0.3) is 0 Å². The smallest absolute Gasteiger partial charge is 0.303 e. The number of rotatable bonds is 3. The van der Waals surface area contributed by atoms with E-state index in [9.17, 15) is 14.7 Å². The SMILES string of the molecule is CC(=O)OCC(=O)c1cccc2c(O)cccc12. The Balaban J connectivity index is 2.42. The predicted molar refractivity (Wildman–Crippen MR) is 66.6 cm³/mol. The van der Waals surface area contributed by atoms with Crippen molar-refractivity contribution in [2.24, 2.45) is 0 Å². The van der Waals surface area contributed by atoms with Crippen molar-refractivity contribution in [2.45, 2.75) is 6.92 Å². The summed E-state index contributed by atoms with van der Waals surface area (Å²) in [5.41, 5.74) is 0.435. The molecule has 0 saturated heterocycles. The van der Waals surface area contributed by atoms with Gasteiger partial charge in [-0.1, -0.05) is 30.3 Å². The lowest BCUT2D eigenvalue weighted by molar-refractivity contribution is -0.139. The lowest BCUT2D eigenvalue weighted by Crippen LogP contribution is -2.12. The number of phenols is 1. The van der Waals surface area contributed by atoms with Gasteiger partial charge in [-0.05, 0) is 11.5 Å². The van der Waals surface area contributed by atoms with E-state index in [1.54, 1.807) is 36.4 Å². The number of ketones is 1. The number of ether oxygens (including phenoxy) is 1. The van der Waals surface area contributed by atoms with Crippen molar-refractivity contribution in [1.82, 2.24) is 0 Å². The Kier molecular flexibility index (Phi) is 3.28. The minimum Gasteiger partial charge on any atom is -0.507 e. The van der Waals surface area contributed by atoms with Crippen LogP contribution in [0.15, 0.2) is 36.4 Å². The molecule has 4 nitrogen and oxygen atoms in total. The second-order valence-corrected chi connectivity index (χ2v) is 3.88. The van der Waals surface area contributed by atoms with E-state index in [1.165, 1.54) is 6.92 Å². The maximum Gasteiger partial charge on any atom is 0.303 e. The van der Waals surface area contributed by atoms with E-state index < -0.39 is 5.97 Å². The van der Waals surface area contributed by atoms with Gasteiger partial charge >= 0.3 is 5.97 Å². The standard InChI is InChI=1S/C14H12O4/c1-9(15)18-8-14(17)12-6-2-5-11-10(12)4-3-7-13(11)16/h2-7,16H,8H2,1H3. The van der Waals surface area contributed by atoms with Crippen LogP contribution >= 0.6 is 0 Å². The van der Waals surface area contributed by atoms with Gasteiger partial charge in [-0.3, -0.25) is 9.59 Å². The maximum absolute atomic E-state index is 11.9. The topological polar surface area (TPSA) is 63.6 Å². The lowest BCUT2D eigenvalue weighted by Gasteiger charge is -2.07. The number of esters is 1. The number of hydrogen-bond donors (Lipinski definition) is 1. The summed E-state index contributed by atoms with van der Waals surface area (Å²) in [6.07, 6.45) is 0. The molecular formula is C14H12O4. The van der Waals surface area contributed by atoms with Crippen molar-refractivity contribution in [1.29, 1.82) is 0 Å². The number of aromatic hydroxyl groups is 1. The summed E-state index contributed by atoms with van der Waals surface area (Å²) in [5, 5.41) is 10.9. The third-order valence-corrected chi connectivity index (χ3v) is 2.61. The first-order chi connectivity index (χ1) is 8.59. The number of hydrogen-bond acceptors (Lipinski definition) is 4. The number of phenolic OH excluding ortho intramolecular Hbond substituents is 1. The number of benzene rings is 2. The lowest BCUT2D eigenvalue weighted by atomic mass is 10.0. The third kappa shape index (κ3) is 2.32. The largest absolute Gasteiger partial charge is 0.507 e. The molecule has 4 heteroatoms. The highest BCUT2D eigenvalue weighted by Crippen LogP contribution is 2.27. The van der Waals surface area contributed by atoms with Crippen molar-refractivity contribution in [2.75, 3.05) is 6.61 Å². The molecule has 2 aromatic rings. The van der Waals surface area contributed by atoms with E-state index in [2.05, 4.69) is 4.74 Å². The van der Waals surface area contributed by atoms with Crippen LogP contribution in [0, 0.1) is 0 Å². The first-order valence-corrected chi connectivity index (χ1v) is 5.47. The maximum atomic E-state index is 11.9. The van der Waals surface area contributed by atoms with Gasteiger partial charge in [-0.25, -0.2) is 0 Å². The van der Waals surface area contributed by atoms with E-state index in [1.807, 2.05) is 0 Å². The van der Waals surface area contributed by atoms with Gasteiger partial charge < -0.3 is 9.84 Å². The molecule has 0 radical (unpaired) electrons. The Hall–Kier alpha value is -2.36. The molecule has 0 bridgehead atoms. The molecule has 18 heavy (non-hydrogen) atoms. The molecule has 0 amide bonds. The Labute approximate surface area is 104 Å². The average Bonchev–Trinajstić information content (AvgIpc) is 2.36. The van der Waals surface area contributed by atoms with Gasteiger partial charge in [-0.2, -0.15) is 0 Å². The van der Waals surface area contributed by atoms with Crippen LogP contribution in [0.25, 0.3) is 10.8 Å². The van der Waals surface area contributed by atoms with E-state index in [0.29, 0.717) is 16.3 Å². The Bertz CT molecular complexity index is 616. The van der Waals surface area contributed by atoms with E-state index >= 15 is 0 Å². The highest BCUT2D eigenvalue weighted by molar-refractivity contribution is 6.10. The van der Waals surface area contributed by atoms with E-state index in [0.717, 1.165) is 0 Å². The summed E-state index contributed by atoms with van der Waals surface area (Å²) in [6, 6.07) is 10.0. The first-order valence-electron chi connectivity index (χ1n) is 5.47. The van der Waals surface area contributed by atoms with Gasteiger partial charge in [-0.15, -0.1) is 0 Å². The fourth-order valence-corrected chi connectivity index (χ4v) is 1.78. The van der Waals surface area contributed by atoms with Crippen LogP contribution in [0.4, 0.5) is 0 Å². The molecule has 2 rings (SSSR count). The van der Waals surface area contributed by atoms with Gasteiger partial charge in [0.2, 0.25) is 5.78 Å². The second kappa shape index (κ2) is 4.87. The minimum absolute atomic E-state index is 0.120. The number of fused-ring (bicyclic) bond motifs is 1. The first kappa shape index (κ1) is 12.1. The molecule has 0 aliphatic carbocycles. The van der Waals surface area contributed by atoms with Crippen molar-refractivity contribution in [3.05, 3.63) is 42.0 Å². The van der Waals surface area contributed by atoms with Crippen molar-refractivity contribution < 1.29 is 19.4 Å². The molecule has 1 N–H and O–H groups in total. The monoisotopic (exact) mass is 244 g/mol. The Morgan fingerprint density at radius 3 is 2.50 bits per heavy atom. The molecule has 0 fully saturated rings. The minimum atomic E-state index is -0.494. The summed E-state index contributed by atoms with van der Waals surface area (Å²) in [4.78, 5) is 22.6. The van der Waals surface area contributed by atoms with Crippen LogP contribution < -0.4 is 0 Å². The summed E-state index contributed by atoms with van der Waals surface area (Å²) in [7, 11) is 0. The quantitative estimate of drug-likeness (QED) is 0.664. The highest BCUT2D eigenvalue weighted by Gasteiger charge is 2.12. The summed E-state index contributed by atoms with van der Waals surface area (Å²) in [5.74, 6) is -0.664. The van der Waals surface area contributed by atoms with E-state index in [-0.39, 0.29) is 18.1 Å². The molecule has 0 saturated carbocycles. The van der Waals surface area contributed by atoms with Gasteiger partial charge in [0.15, 0.2) is 6.61 Å². The van der Waals surface area contributed by atoms with Gasteiger partial charge in [0.05, 0.1) is 0 Å². The van der Waals surface area contributed by atoms with Crippen LogP contribution in [-0.4, -0.2) is 23.5 Å². The van der Waals surface area contributed by atoms with Crippen LogP contribution in [-0.2, 0) is 9.53 Å². The normalized spacial score (nSPS) is 10.3. The number of carbonyl (C=O) groups excluding carboxylic acids is 2. The van der Waals surface area contributed by atoms with Crippen LogP contribution in [0.1, 0.15) is 17.3 Å². The molecule has 0 heterocycles. The third-order valence-electron chi connectivity index (χ3n) is 2.61. The zero-order valence-electron chi connectivity index (χ0n) is 9.84. The molecule has 92 valence electrons. The number of carbonyl (C=O) groups is 2. The number of Topliss-reactive ketones (excluding diaryl/α,β-unsaturated/α-hetero) is 1. The van der Waals surface area contributed by atoms with Crippen molar-refractivity contribution in [3.8, 4) is 5.75 Å².